The minimum absolute atomic E-state index is 0.163. The fraction of sp³-hybridized carbons (Fsp3) is 0.167. The molecule has 0 saturated carbocycles. The van der Waals surface area contributed by atoms with Gasteiger partial charge in [0.2, 0.25) is 5.91 Å². The minimum Gasteiger partial charge on any atom is -0.454 e. The van der Waals surface area contributed by atoms with E-state index in [1.807, 2.05) is 0 Å². The van der Waals surface area contributed by atoms with Gasteiger partial charge in [-0.1, -0.05) is 11.6 Å². The van der Waals surface area contributed by atoms with E-state index >= 15 is 0 Å². The SMILES string of the molecule is C[C@H]1C(=O)Nc2ccc(C(=O)COC(=O)c3cc(F)c(F)cc3Cl)cc21. The number of fused-ring (bicyclic) bond motifs is 1. The Morgan fingerprint density at radius 3 is 2.62 bits per heavy atom. The quantitative estimate of drug-likeness (QED) is 0.499. The molecule has 0 spiro atoms. The van der Waals surface area contributed by atoms with Crippen LogP contribution in [-0.4, -0.2) is 24.3 Å². The van der Waals surface area contributed by atoms with E-state index in [1.54, 1.807) is 19.1 Å². The summed E-state index contributed by atoms with van der Waals surface area (Å²) < 4.78 is 31.1. The van der Waals surface area contributed by atoms with Crippen LogP contribution < -0.4 is 5.32 Å². The van der Waals surface area contributed by atoms with Gasteiger partial charge in [0.05, 0.1) is 16.5 Å². The highest BCUT2D eigenvalue weighted by Gasteiger charge is 2.27. The van der Waals surface area contributed by atoms with Gasteiger partial charge in [0.15, 0.2) is 24.0 Å². The van der Waals surface area contributed by atoms with E-state index in [1.165, 1.54) is 6.07 Å². The van der Waals surface area contributed by atoms with E-state index in [0.717, 1.165) is 0 Å². The van der Waals surface area contributed by atoms with Crippen LogP contribution in [-0.2, 0) is 9.53 Å². The van der Waals surface area contributed by atoms with Crippen LogP contribution in [0.25, 0.3) is 0 Å². The highest BCUT2D eigenvalue weighted by molar-refractivity contribution is 6.33. The van der Waals surface area contributed by atoms with Crippen LogP contribution in [0.5, 0.6) is 0 Å². The maximum Gasteiger partial charge on any atom is 0.340 e. The van der Waals surface area contributed by atoms with Crippen molar-refractivity contribution in [3.63, 3.8) is 0 Å². The van der Waals surface area contributed by atoms with Crippen LogP contribution in [0.1, 0.15) is 39.1 Å². The Labute approximate surface area is 151 Å². The molecule has 0 bridgehead atoms. The predicted molar refractivity (Wildman–Crippen MR) is 89.5 cm³/mol. The number of amides is 1. The molecule has 8 heteroatoms. The molecule has 3 rings (SSSR count). The monoisotopic (exact) mass is 379 g/mol. The summed E-state index contributed by atoms with van der Waals surface area (Å²) in [6, 6.07) is 5.91. The molecule has 0 radical (unpaired) electrons. The summed E-state index contributed by atoms with van der Waals surface area (Å²) in [6.45, 7) is 1.10. The lowest BCUT2D eigenvalue weighted by Gasteiger charge is -2.08. The topological polar surface area (TPSA) is 72.5 Å². The van der Waals surface area contributed by atoms with Gasteiger partial charge in [0.25, 0.3) is 0 Å². The smallest absolute Gasteiger partial charge is 0.340 e. The third kappa shape index (κ3) is 3.30. The average molecular weight is 380 g/mol. The zero-order chi connectivity index (χ0) is 19.0. The van der Waals surface area contributed by atoms with E-state index in [9.17, 15) is 23.2 Å². The molecule has 26 heavy (non-hydrogen) atoms. The molecule has 1 aliphatic rings. The van der Waals surface area contributed by atoms with Gasteiger partial charge in [0.1, 0.15) is 0 Å². The third-order valence-electron chi connectivity index (χ3n) is 4.06. The van der Waals surface area contributed by atoms with Gasteiger partial charge < -0.3 is 10.1 Å². The van der Waals surface area contributed by atoms with Gasteiger partial charge >= 0.3 is 5.97 Å². The van der Waals surface area contributed by atoms with Gasteiger partial charge in [-0.3, -0.25) is 9.59 Å². The second-order valence-electron chi connectivity index (χ2n) is 5.76. The van der Waals surface area contributed by atoms with E-state index in [4.69, 9.17) is 16.3 Å². The Balaban J connectivity index is 1.71. The first-order valence-electron chi connectivity index (χ1n) is 7.57. The average Bonchev–Trinajstić information content (AvgIpc) is 2.89. The van der Waals surface area contributed by atoms with Crippen molar-refractivity contribution < 1.29 is 27.9 Å². The standard InChI is InChI=1S/C18H12ClF2NO4/c1-8-10-4-9(2-3-15(10)22-17(8)24)16(23)7-26-18(25)11-5-13(20)14(21)6-12(11)19/h2-6,8H,7H2,1H3,(H,22,24)/t8-/m1/s1. The van der Waals surface area contributed by atoms with Gasteiger partial charge in [-0.05, 0) is 42.8 Å². The molecule has 2 aromatic rings. The van der Waals surface area contributed by atoms with Gasteiger partial charge in [-0.15, -0.1) is 0 Å². The third-order valence-corrected chi connectivity index (χ3v) is 4.37. The molecule has 0 unspecified atom stereocenters. The van der Waals surface area contributed by atoms with Gasteiger partial charge in [-0.25, -0.2) is 13.6 Å². The van der Waals surface area contributed by atoms with Crippen molar-refractivity contribution in [3.8, 4) is 0 Å². The van der Waals surface area contributed by atoms with Gasteiger partial charge in [0, 0.05) is 11.3 Å². The van der Waals surface area contributed by atoms with Crippen molar-refractivity contribution in [1.29, 1.82) is 0 Å². The maximum atomic E-state index is 13.2. The molecular formula is C18H12ClF2NO4. The molecule has 1 N–H and O–H groups in total. The highest BCUT2D eigenvalue weighted by atomic mass is 35.5. The molecule has 0 saturated heterocycles. The lowest BCUT2D eigenvalue weighted by molar-refractivity contribution is -0.116. The molecule has 0 aliphatic carbocycles. The number of hydrogen-bond donors (Lipinski definition) is 1. The number of rotatable bonds is 4. The maximum absolute atomic E-state index is 13.2. The number of benzene rings is 2. The van der Waals surface area contributed by atoms with Crippen LogP contribution in [0.3, 0.4) is 0 Å². The fourth-order valence-electron chi connectivity index (χ4n) is 2.56. The summed E-state index contributed by atoms with van der Waals surface area (Å²) in [5.74, 6) is -4.55. The first-order chi connectivity index (χ1) is 12.3. The molecule has 1 aliphatic heterocycles. The summed E-state index contributed by atoms with van der Waals surface area (Å²) >= 11 is 5.69. The number of halogens is 3. The second kappa shape index (κ2) is 6.84. The van der Waals surface area contributed by atoms with Crippen LogP contribution >= 0.6 is 11.6 Å². The zero-order valence-electron chi connectivity index (χ0n) is 13.4. The number of ketones is 1. The molecule has 0 aromatic heterocycles. The lowest BCUT2D eigenvalue weighted by Crippen LogP contribution is -2.15. The predicted octanol–water partition coefficient (Wildman–Crippen LogP) is 3.71. The van der Waals surface area contributed by atoms with Crippen LogP contribution in [0.2, 0.25) is 5.02 Å². The first kappa shape index (κ1) is 18.0. The van der Waals surface area contributed by atoms with E-state index < -0.39 is 30.0 Å². The second-order valence-corrected chi connectivity index (χ2v) is 6.17. The number of Topliss-reactive ketones (excluding diaryl/α,β-unsaturated/α-hetero) is 1. The van der Waals surface area contributed by atoms with Crippen molar-refractivity contribution in [1.82, 2.24) is 0 Å². The highest BCUT2D eigenvalue weighted by Crippen LogP contribution is 2.32. The fourth-order valence-corrected chi connectivity index (χ4v) is 2.79. The number of ether oxygens (including phenoxy) is 1. The molecule has 134 valence electrons. The molecular weight excluding hydrogens is 368 g/mol. The van der Waals surface area contributed by atoms with E-state index in [0.29, 0.717) is 23.4 Å². The zero-order valence-corrected chi connectivity index (χ0v) is 14.2. The van der Waals surface area contributed by atoms with Crippen molar-refractivity contribution in [2.24, 2.45) is 0 Å². The minimum atomic E-state index is -1.25. The Morgan fingerprint density at radius 2 is 1.88 bits per heavy atom. The number of nitrogens with one attached hydrogen (secondary N) is 1. The van der Waals surface area contributed by atoms with Crippen LogP contribution in [0.15, 0.2) is 30.3 Å². The summed E-state index contributed by atoms with van der Waals surface area (Å²) in [7, 11) is 0. The summed E-state index contributed by atoms with van der Waals surface area (Å²) in [4.78, 5) is 35.8. The van der Waals surface area contributed by atoms with Crippen LogP contribution in [0.4, 0.5) is 14.5 Å². The number of hydrogen-bond acceptors (Lipinski definition) is 4. The summed E-state index contributed by atoms with van der Waals surface area (Å²) in [6.07, 6.45) is 0. The van der Waals surface area contributed by atoms with E-state index in [2.05, 4.69) is 5.32 Å². The Kier molecular flexibility index (Phi) is 4.73. The lowest BCUT2D eigenvalue weighted by atomic mass is 9.99. The molecule has 2 aromatic carbocycles. The van der Waals surface area contributed by atoms with E-state index in [-0.39, 0.29) is 28.0 Å². The Morgan fingerprint density at radius 1 is 1.19 bits per heavy atom. The van der Waals surface area contributed by atoms with Crippen molar-refractivity contribution >= 4 is 34.9 Å². The van der Waals surface area contributed by atoms with Crippen molar-refractivity contribution in [3.05, 3.63) is 63.7 Å². The Hall–Kier alpha value is -2.80. The number of esters is 1. The Bertz CT molecular complexity index is 945. The van der Waals surface area contributed by atoms with Crippen molar-refractivity contribution in [2.45, 2.75) is 12.8 Å². The molecule has 1 atom stereocenters. The van der Waals surface area contributed by atoms with Crippen LogP contribution in [0, 0.1) is 11.6 Å². The number of carbonyl (C=O) groups is 3. The molecule has 0 fully saturated rings. The number of anilines is 1. The first-order valence-corrected chi connectivity index (χ1v) is 7.95. The molecule has 1 amide bonds. The normalized spacial score (nSPS) is 15.4. The van der Waals surface area contributed by atoms with Gasteiger partial charge in [-0.2, -0.15) is 0 Å². The van der Waals surface area contributed by atoms with Crippen molar-refractivity contribution in [2.75, 3.05) is 11.9 Å². The summed E-state index contributed by atoms with van der Waals surface area (Å²) in [5.41, 5.74) is 1.19. The molecule has 1 heterocycles. The number of carbonyl (C=O) groups excluding carboxylic acids is 3. The molecule has 5 nitrogen and oxygen atoms in total. The summed E-state index contributed by atoms with van der Waals surface area (Å²) in [5, 5.41) is 2.36. The largest absolute Gasteiger partial charge is 0.454 e.